The number of carboxylic acid groups (broad SMARTS) is 1. The van der Waals surface area contributed by atoms with Crippen LogP contribution in [0.4, 0.5) is 0 Å². The summed E-state index contributed by atoms with van der Waals surface area (Å²) < 4.78 is 5.80. The second-order valence-corrected chi connectivity index (χ2v) is 4.81. The maximum absolute atomic E-state index is 10.5. The van der Waals surface area contributed by atoms with E-state index in [0.29, 0.717) is 13.2 Å². The lowest BCUT2D eigenvalue weighted by molar-refractivity contribution is -0.138. The van der Waals surface area contributed by atoms with Gasteiger partial charge in [0.2, 0.25) is 0 Å². The Bertz CT molecular complexity index is 577. The number of fused-ring (bicyclic) bond motifs is 1. The van der Waals surface area contributed by atoms with Crippen LogP contribution in [0.1, 0.15) is 6.42 Å². The van der Waals surface area contributed by atoms with Crippen molar-refractivity contribution in [2.45, 2.75) is 6.42 Å². The number of hydrogen-bond donors (Lipinski definition) is 1. The van der Waals surface area contributed by atoms with E-state index in [9.17, 15) is 4.79 Å². The number of likely N-dealkylation sites (N-methyl/N-ethyl adjacent to an activating group) is 1. The minimum absolute atomic E-state index is 0.0638. The molecule has 0 aromatic heterocycles. The van der Waals surface area contributed by atoms with Crippen LogP contribution >= 0.6 is 0 Å². The molecular weight excluding hydrogens is 254 g/mol. The molecule has 0 saturated heterocycles. The Labute approximate surface area is 118 Å². The van der Waals surface area contributed by atoms with Gasteiger partial charge in [-0.3, -0.25) is 9.69 Å². The molecule has 0 aliphatic carbocycles. The predicted molar refractivity (Wildman–Crippen MR) is 79.2 cm³/mol. The largest absolute Gasteiger partial charge is 0.493 e. The second kappa shape index (κ2) is 6.91. The van der Waals surface area contributed by atoms with Gasteiger partial charge in [-0.1, -0.05) is 36.4 Å². The van der Waals surface area contributed by atoms with Crippen molar-refractivity contribution < 1.29 is 14.6 Å². The Balaban J connectivity index is 1.86. The summed E-state index contributed by atoms with van der Waals surface area (Å²) >= 11 is 0. The van der Waals surface area contributed by atoms with Crippen LogP contribution in [0.25, 0.3) is 10.8 Å². The van der Waals surface area contributed by atoms with Gasteiger partial charge in [0.15, 0.2) is 0 Å². The van der Waals surface area contributed by atoms with Crippen molar-refractivity contribution in [1.29, 1.82) is 0 Å². The first-order valence-corrected chi connectivity index (χ1v) is 6.68. The first kappa shape index (κ1) is 14.3. The Morgan fingerprint density at radius 2 is 1.95 bits per heavy atom. The van der Waals surface area contributed by atoms with Crippen molar-refractivity contribution in [2.24, 2.45) is 0 Å². The highest BCUT2D eigenvalue weighted by Gasteiger charge is 2.04. The average Bonchev–Trinajstić information content (AvgIpc) is 2.43. The fourth-order valence-electron chi connectivity index (χ4n) is 2.15. The smallest absolute Gasteiger partial charge is 0.317 e. The predicted octanol–water partition coefficient (Wildman–Crippen LogP) is 2.63. The first-order valence-electron chi connectivity index (χ1n) is 6.68. The third kappa shape index (κ3) is 3.96. The van der Waals surface area contributed by atoms with E-state index in [4.69, 9.17) is 9.84 Å². The Kier molecular flexibility index (Phi) is 4.96. The number of benzene rings is 2. The normalized spacial score (nSPS) is 10.9. The van der Waals surface area contributed by atoms with Crippen molar-refractivity contribution in [3.63, 3.8) is 0 Å². The van der Waals surface area contributed by atoms with Crippen LogP contribution in [0.3, 0.4) is 0 Å². The van der Waals surface area contributed by atoms with E-state index in [1.807, 2.05) is 30.3 Å². The van der Waals surface area contributed by atoms with Gasteiger partial charge < -0.3 is 9.84 Å². The summed E-state index contributed by atoms with van der Waals surface area (Å²) in [6.45, 7) is 1.35. The third-order valence-electron chi connectivity index (χ3n) is 3.10. The van der Waals surface area contributed by atoms with E-state index >= 15 is 0 Å². The molecule has 0 spiro atoms. The van der Waals surface area contributed by atoms with Crippen molar-refractivity contribution in [3.8, 4) is 5.75 Å². The summed E-state index contributed by atoms with van der Waals surface area (Å²) in [6, 6.07) is 14.1. The maximum Gasteiger partial charge on any atom is 0.317 e. The zero-order valence-electron chi connectivity index (χ0n) is 11.6. The number of carbonyl (C=O) groups is 1. The van der Waals surface area contributed by atoms with Crippen LogP contribution < -0.4 is 4.74 Å². The van der Waals surface area contributed by atoms with Gasteiger partial charge in [0.1, 0.15) is 5.75 Å². The first-order chi connectivity index (χ1) is 9.66. The van der Waals surface area contributed by atoms with Gasteiger partial charge in [-0.05, 0) is 24.9 Å². The monoisotopic (exact) mass is 273 g/mol. The Morgan fingerprint density at radius 3 is 2.75 bits per heavy atom. The van der Waals surface area contributed by atoms with Gasteiger partial charge in [-0.2, -0.15) is 0 Å². The number of hydrogen-bond acceptors (Lipinski definition) is 3. The molecule has 1 N–H and O–H groups in total. The Hall–Kier alpha value is -2.07. The molecule has 2 aromatic rings. The second-order valence-electron chi connectivity index (χ2n) is 4.81. The van der Waals surface area contributed by atoms with Crippen LogP contribution in [-0.4, -0.2) is 42.7 Å². The number of nitrogens with zero attached hydrogens (tertiary/aromatic N) is 1. The minimum atomic E-state index is -0.803. The van der Waals surface area contributed by atoms with Crippen LogP contribution in [0, 0.1) is 0 Å². The van der Waals surface area contributed by atoms with Gasteiger partial charge >= 0.3 is 5.97 Å². The fourth-order valence-corrected chi connectivity index (χ4v) is 2.15. The van der Waals surface area contributed by atoms with Crippen molar-refractivity contribution >= 4 is 16.7 Å². The Morgan fingerprint density at radius 1 is 1.20 bits per heavy atom. The van der Waals surface area contributed by atoms with Gasteiger partial charge in [0.05, 0.1) is 13.2 Å². The molecule has 0 radical (unpaired) electrons. The molecule has 0 saturated carbocycles. The summed E-state index contributed by atoms with van der Waals surface area (Å²) in [7, 11) is 1.80. The summed E-state index contributed by atoms with van der Waals surface area (Å²) in [5.74, 6) is 0.0754. The standard InChI is InChI=1S/C16H19NO3/c1-17(12-16(18)19)10-5-11-20-15-9-4-7-13-6-2-3-8-14(13)15/h2-4,6-9H,5,10-12H2,1H3,(H,18,19). The molecule has 0 aliphatic rings. The SMILES string of the molecule is CN(CCCOc1cccc2ccccc12)CC(=O)O. The van der Waals surface area contributed by atoms with E-state index < -0.39 is 5.97 Å². The molecule has 0 bridgehead atoms. The summed E-state index contributed by atoms with van der Waals surface area (Å²) in [6.07, 6.45) is 0.799. The summed E-state index contributed by atoms with van der Waals surface area (Å²) in [5, 5.41) is 10.9. The van der Waals surface area contributed by atoms with Crippen LogP contribution in [0.5, 0.6) is 5.75 Å². The van der Waals surface area contributed by atoms with E-state index in [1.54, 1.807) is 11.9 Å². The molecule has 0 atom stereocenters. The highest BCUT2D eigenvalue weighted by atomic mass is 16.5. The third-order valence-corrected chi connectivity index (χ3v) is 3.10. The fraction of sp³-hybridized carbons (Fsp3) is 0.312. The summed E-state index contributed by atoms with van der Waals surface area (Å²) in [5.41, 5.74) is 0. The van der Waals surface area contributed by atoms with Gasteiger partial charge in [-0.15, -0.1) is 0 Å². The molecule has 2 rings (SSSR count). The van der Waals surface area contributed by atoms with Crippen molar-refractivity contribution in [3.05, 3.63) is 42.5 Å². The van der Waals surface area contributed by atoms with Crippen LogP contribution in [-0.2, 0) is 4.79 Å². The molecule has 20 heavy (non-hydrogen) atoms. The van der Waals surface area contributed by atoms with E-state index in [2.05, 4.69) is 12.1 Å². The van der Waals surface area contributed by atoms with E-state index in [0.717, 1.165) is 22.9 Å². The van der Waals surface area contributed by atoms with E-state index in [-0.39, 0.29) is 6.54 Å². The van der Waals surface area contributed by atoms with Crippen LogP contribution in [0.15, 0.2) is 42.5 Å². The van der Waals surface area contributed by atoms with Crippen LogP contribution in [0.2, 0.25) is 0 Å². The highest BCUT2D eigenvalue weighted by molar-refractivity contribution is 5.88. The van der Waals surface area contributed by atoms with Crippen molar-refractivity contribution in [1.82, 2.24) is 4.90 Å². The molecule has 0 aliphatic heterocycles. The average molecular weight is 273 g/mol. The van der Waals surface area contributed by atoms with Gasteiger partial charge in [-0.25, -0.2) is 0 Å². The molecule has 4 nitrogen and oxygen atoms in total. The lowest BCUT2D eigenvalue weighted by Gasteiger charge is -2.14. The van der Waals surface area contributed by atoms with E-state index in [1.165, 1.54) is 0 Å². The number of aliphatic carboxylic acids is 1. The number of carboxylic acids is 1. The molecule has 106 valence electrons. The van der Waals surface area contributed by atoms with Gasteiger partial charge in [0.25, 0.3) is 0 Å². The zero-order valence-corrected chi connectivity index (χ0v) is 11.6. The van der Waals surface area contributed by atoms with Crippen molar-refractivity contribution in [2.75, 3.05) is 26.7 Å². The maximum atomic E-state index is 10.5. The topological polar surface area (TPSA) is 49.8 Å². The minimum Gasteiger partial charge on any atom is -0.493 e. The molecule has 0 amide bonds. The lowest BCUT2D eigenvalue weighted by Crippen LogP contribution is -2.27. The molecule has 0 heterocycles. The molecule has 0 fully saturated rings. The molecule has 4 heteroatoms. The highest BCUT2D eigenvalue weighted by Crippen LogP contribution is 2.25. The molecular formula is C16H19NO3. The van der Waals surface area contributed by atoms with Gasteiger partial charge in [0, 0.05) is 11.9 Å². The summed E-state index contributed by atoms with van der Waals surface area (Å²) in [4.78, 5) is 12.3. The lowest BCUT2D eigenvalue weighted by atomic mass is 10.1. The quantitative estimate of drug-likeness (QED) is 0.788. The molecule has 2 aromatic carbocycles. The molecule has 0 unspecified atom stereocenters. The number of rotatable bonds is 7. The zero-order chi connectivity index (χ0) is 14.4. The number of ether oxygens (including phenoxy) is 1.